The highest BCUT2D eigenvalue weighted by Crippen LogP contribution is 2.16. The summed E-state index contributed by atoms with van der Waals surface area (Å²) in [7, 11) is 0. The van der Waals surface area contributed by atoms with Gasteiger partial charge in [-0.05, 0) is 11.8 Å². The molecule has 1 saturated heterocycles. The molecule has 2 heteroatoms. The Kier molecular flexibility index (Phi) is 2.53. The number of hydrogen-bond donors (Lipinski definition) is 0. The zero-order chi connectivity index (χ0) is 8.43. The molecule has 64 valence electrons. The molecule has 1 aliphatic rings. The Morgan fingerprint density at radius 3 is 2.45 bits per heavy atom. The van der Waals surface area contributed by atoms with Gasteiger partial charge in [0.15, 0.2) is 0 Å². The van der Waals surface area contributed by atoms with Crippen LogP contribution in [-0.2, 0) is 4.79 Å². The van der Waals surface area contributed by atoms with E-state index in [1.54, 1.807) is 0 Å². The Hall–Kier alpha value is -0.530. The molecule has 1 fully saturated rings. The normalized spacial score (nSPS) is 18.7. The zero-order valence-electron chi connectivity index (χ0n) is 7.63. The lowest BCUT2D eigenvalue weighted by Gasteiger charge is -2.37. The maximum absolute atomic E-state index is 11.3. The van der Waals surface area contributed by atoms with E-state index in [9.17, 15) is 4.79 Å². The van der Waals surface area contributed by atoms with Gasteiger partial charge in [0.25, 0.3) is 0 Å². The smallest absolute Gasteiger partial charge is 0.222 e. The van der Waals surface area contributed by atoms with E-state index < -0.39 is 0 Å². The Morgan fingerprint density at radius 2 is 2.09 bits per heavy atom. The molecule has 0 aromatic heterocycles. The summed E-state index contributed by atoms with van der Waals surface area (Å²) in [5.74, 6) is 1.56. The molecule has 0 N–H and O–H groups in total. The first kappa shape index (κ1) is 8.57. The van der Waals surface area contributed by atoms with Gasteiger partial charge in [0.05, 0.1) is 0 Å². The fourth-order valence-electron chi connectivity index (χ4n) is 1.38. The second kappa shape index (κ2) is 3.24. The summed E-state index contributed by atoms with van der Waals surface area (Å²) in [5, 5.41) is 0. The van der Waals surface area contributed by atoms with Crippen LogP contribution in [0.2, 0.25) is 0 Å². The highest BCUT2D eigenvalue weighted by atomic mass is 16.2. The lowest BCUT2D eigenvalue weighted by atomic mass is 10.0. The first-order valence-corrected chi connectivity index (χ1v) is 4.37. The second-order valence-corrected chi connectivity index (χ2v) is 4.00. The first-order chi connectivity index (χ1) is 5.09. The van der Waals surface area contributed by atoms with Gasteiger partial charge in [0.1, 0.15) is 0 Å². The van der Waals surface area contributed by atoms with E-state index in [1.807, 2.05) is 4.90 Å². The Labute approximate surface area is 68.6 Å². The molecular weight excluding hydrogens is 138 g/mol. The number of carbonyl (C=O) groups excluding carboxylic acids is 1. The molecule has 0 aromatic rings. The molecule has 1 amide bonds. The molecule has 1 heterocycles. The Morgan fingerprint density at radius 1 is 1.55 bits per heavy atom. The molecule has 0 atom stereocenters. The third kappa shape index (κ3) is 2.21. The van der Waals surface area contributed by atoms with Crippen LogP contribution in [0.3, 0.4) is 0 Å². The van der Waals surface area contributed by atoms with Crippen LogP contribution in [0.25, 0.3) is 0 Å². The minimum Gasteiger partial charge on any atom is -0.342 e. The quantitative estimate of drug-likeness (QED) is 0.592. The van der Waals surface area contributed by atoms with Crippen molar-refractivity contribution in [3.8, 4) is 0 Å². The van der Waals surface area contributed by atoms with Crippen molar-refractivity contribution in [1.82, 2.24) is 4.90 Å². The van der Waals surface area contributed by atoms with Gasteiger partial charge < -0.3 is 4.90 Å². The highest BCUT2D eigenvalue weighted by molar-refractivity contribution is 5.77. The average Bonchev–Trinajstić information content (AvgIpc) is 1.79. The number of nitrogens with zero attached hydrogens (tertiary/aromatic N) is 1. The SMILES string of the molecule is CC(C)CC(=O)N1CC(C)C1. The van der Waals surface area contributed by atoms with Crippen LogP contribution in [0, 0.1) is 11.8 Å². The average molecular weight is 155 g/mol. The lowest BCUT2D eigenvalue weighted by molar-refractivity contribution is -0.137. The molecule has 0 bridgehead atoms. The topological polar surface area (TPSA) is 20.3 Å². The predicted octanol–water partition coefficient (Wildman–Crippen LogP) is 1.51. The van der Waals surface area contributed by atoms with Crippen molar-refractivity contribution in [1.29, 1.82) is 0 Å². The lowest BCUT2D eigenvalue weighted by Crippen LogP contribution is -2.48. The van der Waals surface area contributed by atoms with Gasteiger partial charge in [-0.1, -0.05) is 20.8 Å². The van der Waals surface area contributed by atoms with Crippen molar-refractivity contribution in [2.45, 2.75) is 27.2 Å². The summed E-state index contributed by atoms with van der Waals surface area (Å²) in [6.45, 7) is 8.30. The molecule has 0 aliphatic carbocycles. The third-order valence-electron chi connectivity index (χ3n) is 2.00. The molecule has 0 aromatic carbocycles. The largest absolute Gasteiger partial charge is 0.342 e. The first-order valence-electron chi connectivity index (χ1n) is 4.37. The van der Waals surface area contributed by atoms with Crippen molar-refractivity contribution >= 4 is 5.91 Å². The van der Waals surface area contributed by atoms with Gasteiger partial charge in [0.2, 0.25) is 5.91 Å². The van der Waals surface area contributed by atoms with E-state index in [-0.39, 0.29) is 0 Å². The Bertz CT molecular complexity index is 148. The summed E-state index contributed by atoms with van der Waals surface area (Å²) < 4.78 is 0. The molecular formula is C9H17NO. The summed E-state index contributed by atoms with van der Waals surface area (Å²) in [4.78, 5) is 13.3. The number of rotatable bonds is 2. The Balaban J connectivity index is 2.21. The highest BCUT2D eigenvalue weighted by Gasteiger charge is 2.26. The van der Waals surface area contributed by atoms with Gasteiger partial charge in [-0.3, -0.25) is 4.79 Å². The molecule has 1 rings (SSSR count). The van der Waals surface area contributed by atoms with E-state index in [2.05, 4.69) is 20.8 Å². The van der Waals surface area contributed by atoms with Crippen LogP contribution in [-0.4, -0.2) is 23.9 Å². The number of likely N-dealkylation sites (tertiary alicyclic amines) is 1. The molecule has 2 nitrogen and oxygen atoms in total. The van der Waals surface area contributed by atoms with Crippen LogP contribution >= 0.6 is 0 Å². The third-order valence-corrected chi connectivity index (χ3v) is 2.00. The van der Waals surface area contributed by atoms with Gasteiger partial charge in [-0.15, -0.1) is 0 Å². The van der Waals surface area contributed by atoms with E-state index in [0.29, 0.717) is 18.2 Å². The van der Waals surface area contributed by atoms with Crippen LogP contribution in [0.15, 0.2) is 0 Å². The van der Waals surface area contributed by atoms with E-state index in [1.165, 1.54) is 0 Å². The number of hydrogen-bond acceptors (Lipinski definition) is 1. The zero-order valence-corrected chi connectivity index (χ0v) is 7.63. The molecule has 0 unspecified atom stereocenters. The van der Waals surface area contributed by atoms with Crippen molar-refractivity contribution in [3.63, 3.8) is 0 Å². The predicted molar refractivity (Wildman–Crippen MR) is 45.2 cm³/mol. The maximum Gasteiger partial charge on any atom is 0.222 e. The van der Waals surface area contributed by atoms with Crippen molar-refractivity contribution < 1.29 is 4.79 Å². The van der Waals surface area contributed by atoms with Crippen LogP contribution in [0.4, 0.5) is 0 Å². The monoisotopic (exact) mass is 155 g/mol. The molecule has 0 spiro atoms. The van der Waals surface area contributed by atoms with Crippen molar-refractivity contribution in [2.75, 3.05) is 13.1 Å². The minimum atomic E-state index is 0.332. The number of amides is 1. The maximum atomic E-state index is 11.3. The van der Waals surface area contributed by atoms with Gasteiger partial charge in [-0.2, -0.15) is 0 Å². The minimum absolute atomic E-state index is 0.332. The standard InChI is InChI=1S/C9H17NO/c1-7(2)4-9(11)10-5-8(3)6-10/h7-8H,4-6H2,1-3H3. The van der Waals surface area contributed by atoms with Gasteiger partial charge in [-0.25, -0.2) is 0 Å². The van der Waals surface area contributed by atoms with Crippen LogP contribution < -0.4 is 0 Å². The molecule has 0 radical (unpaired) electrons. The van der Waals surface area contributed by atoms with E-state index >= 15 is 0 Å². The van der Waals surface area contributed by atoms with Crippen LogP contribution in [0.1, 0.15) is 27.2 Å². The number of carbonyl (C=O) groups is 1. The summed E-state index contributed by atoms with van der Waals surface area (Å²) in [6, 6.07) is 0. The second-order valence-electron chi connectivity index (χ2n) is 4.00. The van der Waals surface area contributed by atoms with Gasteiger partial charge in [0, 0.05) is 19.5 Å². The summed E-state index contributed by atoms with van der Waals surface area (Å²) in [5.41, 5.74) is 0. The van der Waals surface area contributed by atoms with Crippen LogP contribution in [0.5, 0.6) is 0 Å². The van der Waals surface area contributed by atoms with Gasteiger partial charge >= 0.3 is 0 Å². The van der Waals surface area contributed by atoms with Crippen molar-refractivity contribution in [2.24, 2.45) is 11.8 Å². The summed E-state index contributed by atoms with van der Waals surface area (Å²) in [6.07, 6.45) is 0.715. The van der Waals surface area contributed by atoms with E-state index in [4.69, 9.17) is 0 Å². The molecule has 11 heavy (non-hydrogen) atoms. The fraction of sp³-hybridized carbons (Fsp3) is 0.889. The van der Waals surface area contributed by atoms with E-state index in [0.717, 1.165) is 19.0 Å². The molecule has 1 aliphatic heterocycles. The van der Waals surface area contributed by atoms with Crippen molar-refractivity contribution in [3.05, 3.63) is 0 Å². The molecule has 0 saturated carbocycles. The summed E-state index contributed by atoms with van der Waals surface area (Å²) >= 11 is 0. The fourth-order valence-corrected chi connectivity index (χ4v) is 1.38.